The molecule has 22 heavy (non-hydrogen) atoms. The van der Waals surface area contributed by atoms with Crippen molar-refractivity contribution in [1.29, 1.82) is 0 Å². The van der Waals surface area contributed by atoms with E-state index in [2.05, 4.69) is 37.3 Å². The zero-order valence-electron chi connectivity index (χ0n) is 13.1. The highest BCUT2D eigenvalue weighted by atomic mass is 19.1. The first-order valence-corrected chi connectivity index (χ1v) is 8.17. The summed E-state index contributed by atoms with van der Waals surface area (Å²) in [5, 5.41) is 0. The summed E-state index contributed by atoms with van der Waals surface area (Å²) in [5.41, 5.74) is 6.36. The molecular weight excluding hydrogens is 275 g/mol. The smallest absolute Gasteiger partial charge is 0.0934 e. The minimum Gasteiger partial charge on any atom is -0.368 e. The van der Waals surface area contributed by atoms with Crippen molar-refractivity contribution < 1.29 is 9.13 Å². The molecule has 2 heteroatoms. The van der Waals surface area contributed by atoms with Gasteiger partial charge in [-0.3, -0.25) is 4.39 Å². The van der Waals surface area contributed by atoms with Crippen molar-refractivity contribution in [2.24, 2.45) is 0 Å². The third kappa shape index (κ3) is 3.38. The fraction of sp³-hybridized carbons (Fsp3) is 0.400. The number of alkyl halides is 1. The summed E-state index contributed by atoms with van der Waals surface area (Å²) in [4.78, 5) is 0. The highest BCUT2D eigenvalue weighted by Crippen LogP contribution is 2.31. The molecule has 116 valence electrons. The van der Waals surface area contributed by atoms with E-state index in [9.17, 15) is 4.39 Å². The second kappa shape index (κ2) is 7.06. The number of aryl methyl sites for hydroxylation is 2. The fourth-order valence-corrected chi connectivity index (χ4v) is 3.13. The summed E-state index contributed by atoms with van der Waals surface area (Å²) < 4.78 is 18.4. The number of hydrogen-bond donors (Lipinski definition) is 0. The van der Waals surface area contributed by atoms with Gasteiger partial charge in [0, 0.05) is 12.8 Å². The molecule has 0 fully saturated rings. The van der Waals surface area contributed by atoms with Crippen LogP contribution in [0.1, 0.15) is 47.3 Å². The van der Waals surface area contributed by atoms with Gasteiger partial charge in [0.1, 0.15) is 0 Å². The van der Waals surface area contributed by atoms with E-state index in [0.717, 1.165) is 18.4 Å². The predicted molar refractivity (Wildman–Crippen MR) is 87.8 cm³/mol. The Morgan fingerprint density at radius 2 is 1.77 bits per heavy atom. The van der Waals surface area contributed by atoms with Crippen LogP contribution in [0.2, 0.25) is 0 Å². The lowest BCUT2D eigenvalue weighted by Gasteiger charge is -2.26. The van der Waals surface area contributed by atoms with Gasteiger partial charge in [-0.15, -0.1) is 0 Å². The van der Waals surface area contributed by atoms with Gasteiger partial charge >= 0.3 is 0 Å². The number of fused-ring (bicyclic) bond motifs is 1. The van der Waals surface area contributed by atoms with Crippen LogP contribution >= 0.6 is 0 Å². The molecule has 2 aromatic carbocycles. The maximum Gasteiger partial charge on any atom is 0.0934 e. The van der Waals surface area contributed by atoms with Gasteiger partial charge in [-0.05, 0) is 34.2 Å². The summed E-state index contributed by atoms with van der Waals surface area (Å²) in [6.07, 6.45) is 3.84. The average Bonchev–Trinajstić information content (AvgIpc) is 2.56. The molecule has 0 saturated carbocycles. The van der Waals surface area contributed by atoms with Gasteiger partial charge in [0.2, 0.25) is 0 Å². The van der Waals surface area contributed by atoms with E-state index in [1.54, 1.807) is 0 Å². The molecule has 0 bridgehead atoms. The molecular formula is C20H23FO. The number of ether oxygens (including phenoxy) is 1. The van der Waals surface area contributed by atoms with Crippen molar-refractivity contribution in [3.05, 3.63) is 70.3 Å². The van der Waals surface area contributed by atoms with Crippen LogP contribution in [0.4, 0.5) is 4.39 Å². The van der Waals surface area contributed by atoms with Gasteiger partial charge in [-0.25, -0.2) is 0 Å². The van der Waals surface area contributed by atoms with Crippen LogP contribution in [0.3, 0.4) is 0 Å². The summed E-state index contributed by atoms with van der Waals surface area (Å²) in [5.74, 6) is 0. The predicted octanol–water partition coefficient (Wildman–Crippen LogP) is 4.97. The third-order valence-corrected chi connectivity index (χ3v) is 4.39. The maximum absolute atomic E-state index is 12.4. The average molecular weight is 298 g/mol. The van der Waals surface area contributed by atoms with Gasteiger partial charge < -0.3 is 4.74 Å². The largest absolute Gasteiger partial charge is 0.368 e. The molecule has 0 spiro atoms. The van der Waals surface area contributed by atoms with E-state index < -0.39 is 0 Å². The Hall–Kier alpha value is -1.67. The topological polar surface area (TPSA) is 9.23 Å². The van der Waals surface area contributed by atoms with Crippen LogP contribution in [0.25, 0.3) is 0 Å². The van der Waals surface area contributed by atoms with Crippen LogP contribution < -0.4 is 0 Å². The van der Waals surface area contributed by atoms with Crippen LogP contribution in [0.5, 0.6) is 0 Å². The highest BCUT2D eigenvalue weighted by molar-refractivity contribution is 5.35. The lowest BCUT2D eigenvalue weighted by atomic mass is 9.92. The first-order valence-electron chi connectivity index (χ1n) is 8.17. The summed E-state index contributed by atoms with van der Waals surface area (Å²) in [6.45, 7) is 2.59. The van der Waals surface area contributed by atoms with E-state index in [-0.39, 0.29) is 12.8 Å². The van der Waals surface area contributed by atoms with Gasteiger partial charge in [0.05, 0.1) is 19.4 Å². The van der Waals surface area contributed by atoms with E-state index in [1.807, 2.05) is 12.1 Å². The van der Waals surface area contributed by atoms with Crippen molar-refractivity contribution in [2.75, 3.05) is 6.67 Å². The van der Waals surface area contributed by atoms with Gasteiger partial charge in [-0.1, -0.05) is 55.8 Å². The molecule has 1 atom stereocenters. The summed E-state index contributed by atoms with van der Waals surface area (Å²) >= 11 is 0. The molecule has 0 aromatic heterocycles. The zero-order valence-corrected chi connectivity index (χ0v) is 13.1. The second-order valence-corrected chi connectivity index (χ2v) is 6.04. The van der Waals surface area contributed by atoms with Crippen molar-refractivity contribution in [3.8, 4) is 0 Å². The molecule has 0 N–H and O–H groups in total. The van der Waals surface area contributed by atoms with Crippen molar-refractivity contribution >= 4 is 0 Å². The Labute approximate surface area is 132 Å². The van der Waals surface area contributed by atoms with Crippen LogP contribution in [0, 0.1) is 0 Å². The van der Waals surface area contributed by atoms with E-state index in [4.69, 9.17) is 4.74 Å². The monoisotopic (exact) mass is 298 g/mol. The number of hydrogen-bond acceptors (Lipinski definition) is 1. The third-order valence-electron chi connectivity index (χ3n) is 4.39. The van der Waals surface area contributed by atoms with Crippen LogP contribution in [-0.2, 0) is 30.6 Å². The zero-order chi connectivity index (χ0) is 15.4. The Balaban J connectivity index is 1.73. The minimum absolute atomic E-state index is 0.115. The normalized spacial score (nSPS) is 17.3. The Kier molecular flexibility index (Phi) is 4.89. The molecule has 1 aliphatic heterocycles. The van der Waals surface area contributed by atoms with Gasteiger partial charge in [0.25, 0.3) is 0 Å². The van der Waals surface area contributed by atoms with Crippen molar-refractivity contribution in [2.45, 2.75) is 45.3 Å². The van der Waals surface area contributed by atoms with E-state index >= 15 is 0 Å². The van der Waals surface area contributed by atoms with Crippen molar-refractivity contribution in [3.63, 3.8) is 0 Å². The lowest BCUT2D eigenvalue weighted by Crippen LogP contribution is -2.15. The Morgan fingerprint density at radius 3 is 2.50 bits per heavy atom. The minimum atomic E-state index is -0.299. The molecule has 0 aliphatic carbocycles. The molecule has 1 unspecified atom stereocenters. The maximum atomic E-state index is 12.4. The molecule has 2 aromatic rings. The molecule has 1 nitrogen and oxygen atoms in total. The Bertz CT molecular complexity index is 618. The van der Waals surface area contributed by atoms with Gasteiger partial charge in [-0.2, -0.15) is 0 Å². The van der Waals surface area contributed by atoms with Crippen molar-refractivity contribution in [1.82, 2.24) is 0 Å². The van der Waals surface area contributed by atoms with Gasteiger partial charge in [0.15, 0.2) is 0 Å². The number of rotatable bonds is 5. The highest BCUT2D eigenvalue weighted by Gasteiger charge is 2.20. The Morgan fingerprint density at radius 1 is 1.00 bits per heavy atom. The molecule has 0 amide bonds. The molecule has 1 aliphatic rings. The van der Waals surface area contributed by atoms with Crippen LogP contribution in [0.15, 0.2) is 42.5 Å². The second-order valence-electron chi connectivity index (χ2n) is 6.04. The standard InChI is InChI=1S/C20H23FO/c1-2-3-16-6-9-18-13-20(22-14-19(18)12-16)17-7-4-15(5-8-17)10-11-21/h4-9,12,20H,2-3,10-11,13-14H2,1H3. The quantitative estimate of drug-likeness (QED) is 0.757. The lowest BCUT2D eigenvalue weighted by molar-refractivity contribution is 0.0274. The first kappa shape index (κ1) is 15.2. The molecule has 3 rings (SSSR count). The summed E-state index contributed by atoms with van der Waals surface area (Å²) in [7, 11) is 0. The number of halogens is 1. The number of benzene rings is 2. The fourth-order valence-electron chi connectivity index (χ4n) is 3.13. The molecule has 1 heterocycles. The van der Waals surface area contributed by atoms with E-state index in [1.165, 1.54) is 28.7 Å². The van der Waals surface area contributed by atoms with Crippen LogP contribution in [-0.4, -0.2) is 6.67 Å². The molecule has 0 radical (unpaired) electrons. The van der Waals surface area contributed by atoms with E-state index in [0.29, 0.717) is 13.0 Å². The summed E-state index contributed by atoms with van der Waals surface area (Å²) in [6, 6.07) is 15.0. The SMILES string of the molecule is CCCc1ccc2c(c1)COC(c1ccc(CCF)cc1)C2. The first-order chi connectivity index (χ1) is 10.8. The molecule has 0 saturated heterocycles.